The molecule has 0 bridgehead atoms. The van der Waals surface area contributed by atoms with Crippen LogP contribution in [0.15, 0.2) is 30.3 Å². The molecule has 1 aliphatic heterocycles. The third-order valence-corrected chi connectivity index (χ3v) is 5.09. The predicted octanol–water partition coefficient (Wildman–Crippen LogP) is 4.76. The quantitative estimate of drug-likeness (QED) is 0.601. The van der Waals surface area contributed by atoms with Crippen molar-refractivity contribution in [3.63, 3.8) is 0 Å². The number of benzene rings is 1. The predicted molar refractivity (Wildman–Crippen MR) is 92.9 cm³/mol. The molecule has 1 aromatic carbocycles. The highest BCUT2D eigenvalue weighted by Crippen LogP contribution is 2.29. The Hall–Kier alpha value is -1.65. The summed E-state index contributed by atoms with van der Waals surface area (Å²) in [6.07, 6.45) is 3.40. The van der Waals surface area contributed by atoms with E-state index in [1.54, 1.807) is 0 Å². The highest BCUT2D eigenvalue weighted by Gasteiger charge is 2.17. The molecule has 1 aliphatic rings. The minimum absolute atomic E-state index is 0.746. The van der Waals surface area contributed by atoms with Crippen LogP contribution in [0.1, 0.15) is 18.7 Å². The summed E-state index contributed by atoms with van der Waals surface area (Å²) in [6.45, 7) is 0.988. The van der Waals surface area contributed by atoms with Gasteiger partial charge in [0.1, 0.15) is 16.1 Å². The van der Waals surface area contributed by atoms with Crippen LogP contribution in [0.4, 0.5) is 0 Å². The number of halogens is 1. The van der Waals surface area contributed by atoms with Crippen molar-refractivity contribution in [3.05, 3.63) is 45.8 Å². The molecule has 0 spiro atoms. The molecule has 2 aromatic heterocycles. The molecule has 0 aliphatic carbocycles. The van der Waals surface area contributed by atoms with E-state index in [0.717, 1.165) is 50.7 Å². The highest BCUT2D eigenvalue weighted by atomic mass is 35.5. The largest absolute Gasteiger partial charge is 0.328 e. The van der Waals surface area contributed by atoms with Crippen molar-refractivity contribution in [2.24, 2.45) is 7.05 Å². The van der Waals surface area contributed by atoms with Crippen LogP contribution in [-0.2, 0) is 20.0 Å². The first-order chi connectivity index (χ1) is 10.6. The van der Waals surface area contributed by atoms with Crippen LogP contribution in [0.2, 0.25) is 5.02 Å². The van der Waals surface area contributed by atoms with Crippen LogP contribution in [-0.4, -0.2) is 14.1 Å². The Labute approximate surface area is 139 Å². The van der Waals surface area contributed by atoms with E-state index >= 15 is 0 Å². The Morgan fingerprint density at radius 2 is 1.95 bits per heavy atom. The minimum atomic E-state index is 0.746. The molecule has 0 unspecified atom stereocenters. The average molecular weight is 330 g/mol. The molecule has 0 fully saturated rings. The molecule has 5 heteroatoms. The monoisotopic (exact) mass is 329 g/mol. The fourth-order valence-electron chi connectivity index (χ4n) is 3.20. The number of nitrogens with zero attached hydrogens (tertiary/aromatic N) is 3. The number of fused-ring (bicyclic) bond motifs is 2. The normalized spacial score (nSPS) is 14.3. The maximum absolute atomic E-state index is 5.99. The molecule has 22 heavy (non-hydrogen) atoms. The first-order valence-electron chi connectivity index (χ1n) is 7.50. The maximum atomic E-state index is 5.99. The number of aryl methyl sites for hydroxylation is 2. The average Bonchev–Trinajstić information content (AvgIpc) is 2.86. The van der Waals surface area contributed by atoms with Crippen LogP contribution >= 0.6 is 23.8 Å². The van der Waals surface area contributed by atoms with Gasteiger partial charge in [-0.3, -0.25) is 0 Å². The SMILES string of the molecule is Cn1c(-c2ccc(Cl)cc2)cc2c(=S)n3c(nc21)CCCC3. The molecule has 3 nitrogen and oxygen atoms in total. The van der Waals surface area contributed by atoms with Crippen molar-refractivity contribution in [1.29, 1.82) is 0 Å². The lowest BCUT2D eigenvalue weighted by molar-refractivity contribution is 0.507. The third kappa shape index (κ3) is 2.09. The van der Waals surface area contributed by atoms with Gasteiger partial charge in [-0.1, -0.05) is 36.0 Å². The fraction of sp³-hybridized carbons (Fsp3) is 0.294. The van der Waals surface area contributed by atoms with Gasteiger partial charge in [0.25, 0.3) is 0 Å². The topological polar surface area (TPSA) is 22.8 Å². The van der Waals surface area contributed by atoms with Crippen molar-refractivity contribution >= 4 is 34.9 Å². The van der Waals surface area contributed by atoms with Crippen LogP contribution in [0, 0.1) is 4.64 Å². The number of hydrogen-bond acceptors (Lipinski definition) is 2. The molecule has 0 radical (unpaired) electrons. The van der Waals surface area contributed by atoms with Crippen molar-refractivity contribution < 1.29 is 0 Å². The highest BCUT2D eigenvalue weighted by molar-refractivity contribution is 7.71. The zero-order valence-electron chi connectivity index (χ0n) is 12.3. The first-order valence-corrected chi connectivity index (χ1v) is 8.29. The second-order valence-corrected chi connectivity index (χ2v) is 6.60. The summed E-state index contributed by atoms with van der Waals surface area (Å²) in [5, 5.41) is 1.81. The molecule has 4 rings (SSSR count). The van der Waals surface area contributed by atoms with E-state index in [1.165, 1.54) is 12.8 Å². The molecule has 3 heterocycles. The number of rotatable bonds is 1. The molecular weight excluding hydrogens is 314 g/mol. The maximum Gasteiger partial charge on any atom is 0.145 e. The van der Waals surface area contributed by atoms with Gasteiger partial charge in [0.15, 0.2) is 0 Å². The molecular formula is C17H16ClN3S. The smallest absolute Gasteiger partial charge is 0.145 e. The van der Waals surface area contributed by atoms with E-state index in [9.17, 15) is 0 Å². The molecule has 0 saturated carbocycles. The molecule has 0 atom stereocenters. The van der Waals surface area contributed by atoms with Crippen LogP contribution in [0.5, 0.6) is 0 Å². The lowest BCUT2D eigenvalue weighted by Gasteiger charge is -2.18. The first kappa shape index (κ1) is 14.0. The summed E-state index contributed by atoms with van der Waals surface area (Å²) in [7, 11) is 2.05. The number of hydrogen-bond donors (Lipinski definition) is 0. The summed E-state index contributed by atoms with van der Waals surface area (Å²) in [6, 6.07) is 10.0. The number of aromatic nitrogens is 3. The van der Waals surface area contributed by atoms with E-state index in [4.69, 9.17) is 28.8 Å². The van der Waals surface area contributed by atoms with Gasteiger partial charge in [0.2, 0.25) is 0 Å². The van der Waals surface area contributed by atoms with Gasteiger partial charge in [-0.05, 0) is 36.6 Å². The Balaban J connectivity index is 1.99. The fourth-order valence-corrected chi connectivity index (χ4v) is 3.68. The Kier molecular flexibility index (Phi) is 3.31. The summed E-state index contributed by atoms with van der Waals surface area (Å²) < 4.78 is 5.24. The standard InChI is InChI=1S/C17H16ClN3S/c1-20-14(11-5-7-12(18)8-6-11)10-13-16(20)19-15-4-2-3-9-21(15)17(13)22/h5-8,10H,2-4,9H2,1H3. The van der Waals surface area contributed by atoms with E-state index in [-0.39, 0.29) is 0 Å². The van der Waals surface area contributed by atoms with E-state index < -0.39 is 0 Å². The zero-order valence-corrected chi connectivity index (χ0v) is 13.9. The minimum Gasteiger partial charge on any atom is -0.328 e. The second kappa shape index (κ2) is 5.21. The van der Waals surface area contributed by atoms with Crippen molar-refractivity contribution in [2.75, 3.05) is 0 Å². The Morgan fingerprint density at radius 1 is 1.18 bits per heavy atom. The zero-order chi connectivity index (χ0) is 15.3. The molecule has 112 valence electrons. The van der Waals surface area contributed by atoms with Crippen molar-refractivity contribution in [1.82, 2.24) is 14.1 Å². The molecule has 3 aromatic rings. The Bertz CT molecular complexity index is 922. The molecule has 0 saturated heterocycles. The van der Waals surface area contributed by atoms with Gasteiger partial charge in [0, 0.05) is 25.0 Å². The van der Waals surface area contributed by atoms with Crippen LogP contribution < -0.4 is 0 Å². The second-order valence-electron chi connectivity index (χ2n) is 5.77. The van der Waals surface area contributed by atoms with Gasteiger partial charge in [-0.2, -0.15) is 0 Å². The summed E-state index contributed by atoms with van der Waals surface area (Å²) in [4.78, 5) is 4.87. The third-order valence-electron chi connectivity index (χ3n) is 4.40. The molecule has 0 N–H and O–H groups in total. The van der Waals surface area contributed by atoms with Gasteiger partial charge in [-0.15, -0.1) is 0 Å². The van der Waals surface area contributed by atoms with E-state index in [2.05, 4.69) is 15.2 Å². The van der Waals surface area contributed by atoms with E-state index in [1.807, 2.05) is 31.3 Å². The lowest BCUT2D eigenvalue weighted by Crippen LogP contribution is -2.16. The lowest BCUT2D eigenvalue weighted by atomic mass is 10.1. The van der Waals surface area contributed by atoms with Crippen LogP contribution in [0.3, 0.4) is 0 Å². The van der Waals surface area contributed by atoms with E-state index in [0.29, 0.717) is 0 Å². The summed E-state index contributed by atoms with van der Waals surface area (Å²) >= 11 is 11.7. The summed E-state index contributed by atoms with van der Waals surface area (Å²) in [5.41, 5.74) is 3.22. The van der Waals surface area contributed by atoms with Crippen molar-refractivity contribution in [2.45, 2.75) is 25.8 Å². The van der Waals surface area contributed by atoms with Gasteiger partial charge in [-0.25, -0.2) is 4.98 Å². The van der Waals surface area contributed by atoms with Gasteiger partial charge >= 0.3 is 0 Å². The van der Waals surface area contributed by atoms with Crippen LogP contribution in [0.25, 0.3) is 22.3 Å². The molecule has 0 amide bonds. The van der Waals surface area contributed by atoms with Gasteiger partial charge in [0.05, 0.1) is 11.1 Å². The Morgan fingerprint density at radius 3 is 2.73 bits per heavy atom. The summed E-state index contributed by atoms with van der Waals surface area (Å²) in [5.74, 6) is 1.12. The van der Waals surface area contributed by atoms with Crippen molar-refractivity contribution in [3.8, 4) is 11.3 Å². The van der Waals surface area contributed by atoms with Gasteiger partial charge < -0.3 is 9.13 Å².